The molecule has 0 amide bonds. The normalized spacial score (nSPS) is 10.5. The van der Waals surface area contributed by atoms with E-state index in [9.17, 15) is 14.9 Å². The first-order valence-electron chi connectivity index (χ1n) is 8.16. The molecule has 26 heavy (non-hydrogen) atoms. The summed E-state index contributed by atoms with van der Waals surface area (Å²) in [6.45, 7) is 0. The van der Waals surface area contributed by atoms with Gasteiger partial charge in [0, 0.05) is 12.1 Å². The van der Waals surface area contributed by atoms with Gasteiger partial charge in [-0.25, -0.2) is 0 Å². The van der Waals surface area contributed by atoms with Crippen LogP contribution in [0.2, 0.25) is 0 Å². The van der Waals surface area contributed by atoms with E-state index in [-0.39, 0.29) is 12.1 Å². The molecule has 0 saturated heterocycles. The molecule has 0 heterocycles. The van der Waals surface area contributed by atoms with Crippen LogP contribution in [0.25, 0.3) is 0 Å². The average molecular weight is 347 g/mol. The number of benzene rings is 3. The second-order valence-corrected chi connectivity index (χ2v) is 5.79. The quantitative estimate of drug-likeness (QED) is 0.375. The molecule has 5 heteroatoms. The Morgan fingerprint density at radius 3 is 1.81 bits per heavy atom. The van der Waals surface area contributed by atoms with Crippen molar-refractivity contribution in [2.24, 2.45) is 0 Å². The van der Waals surface area contributed by atoms with Gasteiger partial charge in [0.1, 0.15) is 0 Å². The van der Waals surface area contributed by atoms with Gasteiger partial charge < -0.3 is 4.74 Å². The number of nitro benzene ring substituents is 1. The summed E-state index contributed by atoms with van der Waals surface area (Å²) < 4.78 is 5.73. The number of ether oxygens (including phenoxy) is 1. The van der Waals surface area contributed by atoms with E-state index in [0.717, 1.165) is 11.1 Å². The lowest BCUT2D eigenvalue weighted by atomic mass is 10.0. The van der Waals surface area contributed by atoms with Crippen molar-refractivity contribution in [3.8, 4) is 0 Å². The standard InChI is InChI=1S/C21H17NO4/c23-20(15-16-11-13-19(14-12-16)22(24)25)26-21(17-7-3-1-4-8-17)18-9-5-2-6-10-18/h1-14,21H,15H2. The van der Waals surface area contributed by atoms with E-state index < -0.39 is 17.0 Å². The van der Waals surface area contributed by atoms with Crippen molar-refractivity contribution in [2.75, 3.05) is 0 Å². The molecule has 5 nitrogen and oxygen atoms in total. The van der Waals surface area contributed by atoms with Crippen molar-refractivity contribution in [3.63, 3.8) is 0 Å². The third-order valence-electron chi connectivity index (χ3n) is 3.95. The van der Waals surface area contributed by atoms with Gasteiger partial charge in [-0.05, 0) is 16.7 Å². The largest absolute Gasteiger partial charge is 0.452 e. The van der Waals surface area contributed by atoms with Gasteiger partial charge in [-0.2, -0.15) is 0 Å². The maximum absolute atomic E-state index is 12.4. The molecular formula is C21H17NO4. The first kappa shape index (κ1) is 17.4. The van der Waals surface area contributed by atoms with E-state index in [4.69, 9.17) is 4.74 Å². The third-order valence-corrected chi connectivity index (χ3v) is 3.95. The topological polar surface area (TPSA) is 69.4 Å². The smallest absolute Gasteiger partial charge is 0.311 e. The van der Waals surface area contributed by atoms with Gasteiger partial charge >= 0.3 is 5.97 Å². The van der Waals surface area contributed by atoms with Crippen LogP contribution in [0, 0.1) is 10.1 Å². The highest BCUT2D eigenvalue weighted by atomic mass is 16.6. The second-order valence-electron chi connectivity index (χ2n) is 5.79. The minimum Gasteiger partial charge on any atom is -0.452 e. The lowest BCUT2D eigenvalue weighted by Crippen LogP contribution is -2.14. The summed E-state index contributed by atoms with van der Waals surface area (Å²) in [4.78, 5) is 22.7. The van der Waals surface area contributed by atoms with Gasteiger partial charge in [0.2, 0.25) is 0 Å². The van der Waals surface area contributed by atoms with Gasteiger partial charge in [-0.15, -0.1) is 0 Å². The molecule has 0 aliphatic rings. The lowest BCUT2D eigenvalue weighted by molar-refractivity contribution is -0.384. The molecule has 0 aliphatic carbocycles. The molecule has 0 atom stereocenters. The molecule has 0 fully saturated rings. The number of carbonyl (C=O) groups excluding carboxylic acids is 1. The van der Waals surface area contributed by atoms with E-state index in [1.54, 1.807) is 12.1 Å². The van der Waals surface area contributed by atoms with Crippen LogP contribution < -0.4 is 0 Å². The Morgan fingerprint density at radius 1 is 0.846 bits per heavy atom. The fourth-order valence-electron chi connectivity index (χ4n) is 2.66. The van der Waals surface area contributed by atoms with Crippen LogP contribution in [-0.4, -0.2) is 10.9 Å². The molecule has 0 N–H and O–H groups in total. The maximum Gasteiger partial charge on any atom is 0.311 e. The third kappa shape index (κ3) is 4.33. The Bertz CT molecular complexity index is 837. The van der Waals surface area contributed by atoms with Gasteiger partial charge in [-0.3, -0.25) is 14.9 Å². The SMILES string of the molecule is O=C(Cc1ccc([N+](=O)[O-])cc1)OC(c1ccccc1)c1ccccc1. The molecular weight excluding hydrogens is 330 g/mol. The summed E-state index contributed by atoms with van der Waals surface area (Å²) in [6.07, 6.45) is -0.448. The number of nitrogens with zero attached hydrogens (tertiary/aromatic N) is 1. The van der Waals surface area contributed by atoms with Gasteiger partial charge in [0.15, 0.2) is 6.10 Å². The Balaban J connectivity index is 1.76. The average Bonchev–Trinajstić information content (AvgIpc) is 2.68. The number of hydrogen-bond acceptors (Lipinski definition) is 4. The molecule has 0 unspecified atom stereocenters. The van der Waals surface area contributed by atoms with Crippen molar-refractivity contribution in [3.05, 3.63) is 112 Å². The number of nitro groups is 1. The zero-order chi connectivity index (χ0) is 18.4. The first-order chi connectivity index (χ1) is 12.6. The molecule has 0 saturated carbocycles. The van der Waals surface area contributed by atoms with Crippen LogP contribution in [0.15, 0.2) is 84.9 Å². The number of hydrogen-bond donors (Lipinski definition) is 0. The number of rotatable bonds is 6. The van der Waals surface area contributed by atoms with Crippen molar-refractivity contribution in [2.45, 2.75) is 12.5 Å². The predicted molar refractivity (Wildman–Crippen MR) is 97.6 cm³/mol. The maximum atomic E-state index is 12.4. The minimum atomic E-state index is -0.497. The van der Waals surface area contributed by atoms with Crippen LogP contribution in [0.5, 0.6) is 0 Å². The molecule has 3 rings (SSSR count). The summed E-state index contributed by atoms with van der Waals surface area (Å²) >= 11 is 0. The molecule has 3 aromatic rings. The molecule has 0 aromatic heterocycles. The van der Waals surface area contributed by atoms with E-state index in [1.807, 2.05) is 60.7 Å². The Labute approximate surface area is 151 Å². The van der Waals surface area contributed by atoms with Gasteiger partial charge in [0.25, 0.3) is 5.69 Å². The summed E-state index contributed by atoms with van der Waals surface area (Å²) in [5.74, 6) is -0.392. The predicted octanol–water partition coefficient (Wildman–Crippen LogP) is 4.47. The highest BCUT2D eigenvalue weighted by Gasteiger charge is 2.19. The summed E-state index contributed by atoms with van der Waals surface area (Å²) in [5.41, 5.74) is 2.43. The molecule has 0 aliphatic heterocycles. The fraction of sp³-hybridized carbons (Fsp3) is 0.0952. The highest BCUT2D eigenvalue weighted by molar-refractivity contribution is 5.73. The van der Waals surface area contributed by atoms with Gasteiger partial charge in [-0.1, -0.05) is 72.8 Å². The van der Waals surface area contributed by atoms with E-state index in [0.29, 0.717) is 5.56 Å². The molecule has 3 aromatic carbocycles. The fourth-order valence-corrected chi connectivity index (χ4v) is 2.66. The van der Waals surface area contributed by atoms with Crippen LogP contribution >= 0.6 is 0 Å². The Morgan fingerprint density at radius 2 is 1.35 bits per heavy atom. The zero-order valence-electron chi connectivity index (χ0n) is 13.9. The number of esters is 1. The van der Waals surface area contributed by atoms with E-state index >= 15 is 0 Å². The Hall–Kier alpha value is -3.47. The van der Waals surface area contributed by atoms with Crippen LogP contribution in [0.4, 0.5) is 5.69 Å². The molecule has 0 bridgehead atoms. The van der Waals surface area contributed by atoms with Crippen LogP contribution in [0.1, 0.15) is 22.8 Å². The molecule has 0 spiro atoms. The first-order valence-corrected chi connectivity index (χ1v) is 8.16. The highest BCUT2D eigenvalue weighted by Crippen LogP contribution is 2.26. The van der Waals surface area contributed by atoms with E-state index in [1.165, 1.54) is 12.1 Å². The van der Waals surface area contributed by atoms with Crippen molar-refractivity contribution < 1.29 is 14.5 Å². The molecule has 130 valence electrons. The van der Waals surface area contributed by atoms with Crippen molar-refractivity contribution in [1.29, 1.82) is 0 Å². The number of non-ortho nitro benzene ring substituents is 1. The second kappa shape index (κ2) is 8.07. The summed E-state index contributed by atoms with van der Waals surface area (Å²) in [5, 5.41) is 10.7. The minimum absolute atomic E-state index is 0.00596. The van der Waals surface area contributed by atoms with Gasteiger partial charge in [0.05, 0.1) is 11.3 Å². The van der Waals surface area contributed by atoms with E-state index in [2.05, 4.69) is 0 Å². The zero-order valence-corrected chi connectivity index (χ0v) is 13.9. The summed E-state index contributed by atoms with van der Waals surface area (Å²) in [6, 6.07) is 25.0. The van der Waals surface area contributed by atoms with Crippen LogP contribution in [0.3, 0.4) is 0 Å². The van der Waals surface area contributed by atoms with Crippen molar-refractivity contribution >= 4 is 11.7 Å². The van der Waals surface area contributed by atoms with Crippen LogP contribution in [-0.2, 0) is 16.0 Å². The monoisotopic (exact) mass is 347 g/mol. The summed E-state index contributed by atoms with van der Waals surface area (Å²) in [7, 11) is 0. The lowest BCUT2D eigenvalue weighted by Gasteiger charge is -2.19. The number of carbonyl (C=O) groups is 1. The molecule has 0 radical (unpaired) electrons. The van der Waals surface area contributed by atoms with Crippen molar-refractivity contribution in [1.82, 2.24) is 0 Å². The Kier molecular flexibility index (Phi) is 5.39.